The molecule has 0 aliphatic rings. The molecule has 196 valence electrons. The van der Waals surface area contributed by atoms with Crippen molar-refractivity contribution >= 4 is 28.8 Å². The molecule has 0 unspecified atom stereocenters. The number of alkyl halides is 3. The van der Waals surface area contributed by atoms with E-state index in [1.54, 1.807) is 12.1 Å². The first kappa shape index (κ1) is 25.8. The van der Waals surface area contributed by atoms with E-state index in [1.165, 1.54) is 30.3 Å². The molecule has 0 atom stereocenters. The lowest BCUT2D eigenvalue weighted by molar-refractivity contribution is -0.136. The number of oxazole rings is 1. The number of amides is 1. The van der Waals surface area contributed by atoms with Gasteiger partial charge in [0.15, 0.2) is 5.58 Å². The van der Waals surface area contributed by atoms with Crippen molar-refractivity contribution in [3.05, 3.63) is 119 Å². The summed E-state index contributed by atoms with van der Waals surface area (Å²) >= 11 is 0. The fourth-order valence-corrected chi connectivity index (χ4v) is 4.04. The van der Waals surface area contributed by atoms with Crippen LogP contribution in [0.25, 0.3) is 28.6 Å². The number of nitrogens with one attached hydrogen (secondary N) is 1. The predicted molar refractivity (Wildman–Crippen MR) is 145 cm³/mol. The van der Waals surface area contributed by atoms with Crippen LogP contribution in [0.1, 0.15) is 27.0 Å². The molecule has 5 aromatic rings. The van der Waals surface area contributed by atoms with E-state index < -0.39 is 17.6 Å². The van der Waals surface area contributed by atoms with E-state index in [1.807, 2.05) is 61.5 Å². The van der Waals surface area contributed by atoms with Crippen molar-refractivity contribution in [2.24, 2.45) is 0 Å². The third kappa shape index (κ3) is 6.01. The van der Waals surface area contributed by atoms with Crippen LogP contribution >= 0.6 is 0 Å². The molecule has 39 heavy (non-hydrogen) atoms. The largest absolute Gasteiger partial charge is 0.489 e. The minimum Gasteiger partial charge on any atom is -0.489 e. The Labute approximate surface area is 222 Å². The Balaban J connectivity index is 1.46. The highest BCUT2D eigenvalue weighted by Gasteiger charge is 2.33. The molecular weight excluding hydrogens is 505 g/mol. The minimum atomic E-state index is -4.61. The molecule has 5 nitrogen and oxygen atoms in total. The van der Waals surface area contributed by atoms with Crippen LogP contribution in [0.4, 0.5) is 18.9 Å². The number of nitrogens with zero attached hydrogens (tertiary/aromatic N) is 1. The Hall–Kier alpha value is -4.85. The van der Waals surface area contributed by atoms with Crippen molar-refractivity contribution < 1.29 is 27.1 Å². The van der Waals surface area contributed by atoms with E-state index in [9.17, 15) is 18.0 Å². The van der Waals surface area contributed by atoms with Crippen LogP contribution in [-0.4, -0.2) is 17.5 Å². The lowest BCUT2D eigenvalue weighted by atomic mass is 10.1. The van der Waals surface area contributed by atoms with Crippen LogP contribution in [0.15, 0.2) is 101 Å². The second kappa shape index (κ2) is 10.9. The normalized spacial score (nSPS) is 11.7. The zero-order chi connectivity index (χ0) is 27.4. The number of ether oxygens (including phenoxy) is 1. The predicted octanol–water partition coefficient (Wildman–Crippen LogP) is 8.17. The van der Waals surface area contributed by atoms with Crippen LogP contribution in [-0.2, 0) is 6.18 Å². The highest BCUT2D eigenvalue weighted by atomic mass is 19.4. The molecule has 0 saturated carbocycles. The van der Waals surface area contributed by atoms with Gasteiger partial charge in [-0.2, -0.15) is 13.2 Å². The Morgan fingerprint density at radius 1 is 0.974 bits per heavy atom. The second-order valence-corrected chi connectivity index (χ2v) is 8.82. The number of anilines is 1. The summed E-state index contributed by atoms with van der Waals surface area (Å²) in [6.45, 7) is 2.16. The molecule has 5 rings (SSSR count). The maximum absolute atomic E-state index is 13.4. The van der Waals surface area contributed by atoms with E-state index >= 15 is 0 Å². The van der Waals surface area contributed by atoms with Crippen molar-refractivity contribution in [3.8, 4) is 17.2 Å². The summed E-state index contributed by atoms with van der Waals surface area (Å²) in [5, 5.41) is 2.37. The fraction of sp³-hybridized carbons (Fsp3) is 0.0968. The van der Waals surface area contributed by atoms with Gasteiger partial charge in [-0.05, 0) is 66.6 Å². The molecule has 4 aromatic carbocycles. The average molecular weight is 529 g/mol. The number of hydrogen-bond donors (Lipinski definition) is 1. The van der Waals surface area contributed by atoms with Crippen LogP contribution in [0.2, 0.25) is 0 Å². The van der Waals surface area contributed by atoms with Gasteiger partial charge in [0.1, 0.15) is 17.9 Å². The van der Waals surface area contributed by atoms with E-state index in [0.717, 1.165) is 17.2 Å². The van der Waals surface area contributed by atoms with Gasteiger partial charge in [0.2, 0.25) is 5.89 Å². The molecule has 0 bridgehead atoms. The first-order valence-electron chi connectivity index (χ1n) is 12.1. The van der Waals surface area contributed by atoms with Gasteiger partial charge in [0, 0.05) is 5.56 Å². The standard InChI is InChI=1S/C31H23F3N2O3/c1-20-13-15-28-26(18-20)36-30(39-28)23-19-22(29(37)35-25-12-6-5-11-24(25)31(32,33)34)14-16-27(23)38-17-7-10-21-8-3-2-4-9-21/h2-16,18-19H,17H2,1H3,(H,35,37)/b10-7+. The zero-order valence-electron chi connectivity index (χ0n) is 20.8. The third-order valence-corrected chi connectivity index (χ3v) is 5.94. The molecule has 0 saturated heterocycles. The molecule has 1 amide bonds. The molecule has 1 heterocycles. The SMILES string of the molecule is Cc1ccc2oc(-c3cc(C(=O)Nc4ccccc4C(F)(F)F)ccc3OC/C=C/c3ccccc3)nc2c1. The minimum absolute atomic E-state index is 0.118. The molecule has 1 N–H and O–H groups in total. The fourth-order valence-electron chi connectivity index (χ4n) is 4.04. The summed E-state index contributed by atoms with van der Waals surface area (Å²) in [7, 11) is 0. The number of halogens is 3. The molecule has 0 aliphatic carbocycles. The topological polar surface area (TPSA) is 64.4 Å². The molecule has 8 heteroatoms. The second-order valence-electron chi connectivity index (χ2n) is 8.82. The third-order valence-electron chi connectivity index (χ3n) is 5.94. The average Bonchev–Trinajstić information content (AvgIpc) is 3.34. The highest BCUT2D eigenvalue weighted by molar-refractivity contribution is 6.05. The number of hydrogen-bond acceptors (Lipinski definition) is 4. The van der Waals surface area contributed by atoms with Gasteiger partial charge in [-0.1, -0.05) is 54.6 Å². The smallest absolute Gasteiger partial charge is 0.418 e. The Kier molecular flexibility index (Phi) is 7.19. The number of carbonyl (C=O) groups excluding carboxylic acids is 1. The van der Waals surface area contributed by atoms with Crippen molar-refractivity contribution in [3.63, 3.8) is 0 Å². The number of carbonyl (C=O) groups is 1. The molecular formula is C31H23F3N2O3. The summed E-state index contributed by atoms with van der Waals surface area (Å²) < 4.78 is 52.2. The summed E-state index contributed by atoms with van der Waals surface area (Å²) in [6.07, 6.45) is -0.846. The molecule has 0 radical (unpaired) electrons. The van der Waals surface area contributed by atoms with Crippen LogP contribution in [0, 0.1) is 6.92 Å². The van der Waals surface area contributed by atoms with Gasteiger partial charge in [-0.3, -0.25) is 4.79 Å². The molecule has 0 aliphatic heterocycles. The maximum Gasteiger partial charge on any atom is 0.418 e. The van der Waals surface area contributed by atoms with Crippen molar-refractivity contribution in [1.82, 2.24) is 4.98 Å². The Bertz CT molecular complexity index is 1660. The molecule has 0 spiro atoms. The van der Waals surface area contributed by atoms with Gasteiger partial charge in [0.25, 0.3) is 5.91 Å². The zero-order valence-corrected chi connectivity index (χ0v) is 20.8. The number of fused-ring (bicyclic) bond motifs is 1. The Morgan fingerprint density at radius 3 is 2.54 bits per heavy atom. The van der Waals surface area contributed by atoms with E-state index in [-0.39, 0.29) is 23.7 Å². The van der Waals surface area contributed by atoms with E-state index in [4.69, 9.17) is 9.15 Å². The number of aromatic nitrogens is 1. The summed E-state index contributed by atoms with van der Waals surface area (Å²) in [5.41, 5.74) is 2.45. The van der Waals surface area contributed by atoms with Crippen LogP contribution in [0.3, 0.4) is 0 Å². The van der Waals surface area contributed by atoms with Crippen molar-refractivity contribution in [1.29, 1.82) is 0 Å². The number of para-hydroxylation sites is 1. The summed E-state index contributed by atoms with van der Waals surface area (Å²) in [4.78, 5) is 17.6. The van der Waals surface area contributed by atoms with Gasteiger partial charge < -0.3 is 14.5 Å². The van der Waals surface area contributed by atoms with Crippen molar-refractivity contribution in [2.75, 3.05) is 11.9 Å². The molecule has 1 aromatic heterocycles. The lowest BCUT2D eigenvalue weighted by Gasteiger charge is -2.14. The van der Waals surface area contributed by atoms with Crippen molar-refractivity contribution in [2.45, 2.75) is 13.1 Å². The van der Waals surface area contributed by atoms with E-state index in [0.29, 0.717) is 22.4 Å². The number of aryl methyl sites for hydroxylation is 1. The summed E-state index contributed by atoms with van der Waals surface area (Å²) in [6, 6.07) is 24.7. The molecule has 0 fully saturated rings. The Morgan fingerprint density at radius 2 is 1.74 bits per heavy atom. The first-order valence-corrected chi connectivity index (χ1v) is 12.1. The van der Waals surface area contributed by atoms with Crippen LogP contribution in [0.5, 0.6) is 5.75 Å². The number of rotatable bonds is 7. The van der Waals surface area contributed by atoms with Crippen LogP contribution < -0.4 is 10.1 Å². The quantitative estimate of drug-likeness (QED) is 0.231. The van der Waals surface area contributed by atoms with E-state index in [2.05, 4.69) is 10.3 Å². The maximum atomic E-state index is 13.4. The number of benzene rings is 4. The summed E-state index contributed by atoms with van der Waals surface area (Å²) in [5.74, 6) is -0.0818. The van der Waals surface area contributed by atoms with Gasteiger partial charge in [0.05, 0.1) is 16.8 Å². The van der Waals surface area contributed by atoms with Gasteiger partial charge in [-0.25, -0.2) is 4.98 Å². The van der Waals surface area contributed by atoms with Gasteiger partial charge >= 0.3 is 6.18 Å². The first-order chi connectivity index (χ1) is 18.8. The highest BCUT2D eigenvalue weighted by Crippen LogP contribution is 2.36. The lowest BCUT2D eigenvalue weighted by Crippen LogP contribution is -2.16. The van der Waals surface area contributed by atoms with Gasteiger partial charge in [-0.15, -0.1) is 0 Å². The monoisotopic (exact) mass is 528 g/mol.